The Morgan fingerprint density at radius 2 is 2.64 bits per heavy atom. The van der Waals surface area contributed by atoms with Crippen LogP contribution in [0.5, 0.6) is 0 Å². The molecule has 1 heterocycles. The van der Waals surface area contributed by atoms with Gasteiger partial charge in [0.05, 0.1) is 12.5 Å². The second-order valence-electron chi connectivity index (χ2n) is 1.84. The van der Waals surface area contributed by atoms with Gasteiger partial charge in [-0.2, -0.15) is 0 Å². The fraction of sp³-hybridized carbons (Fsp3) is 0.143. The van der Waals surface area contributed by atoms with E-state index < -0.39 is 5.97 Å². The molecule has 0 atom stereocenters. The van der Waals surface area contributed by atoms with E-state index in [0.29, 0.717) is 5.69 Å². The summed E-state index contributed by atoms with van der Waals surface area (Å²) in [6.45, 7) is 0. The summed E-state index contributed by atoms with van der Waals surface area (Å²) >= 11 is 0. The minimum absolute atomic E-state index is 0.140. The lowest BCUT2D eigenvalue weighted by atomic mass is 10.4. The van der Waals surface area contributed by atoms with Crippen LogP contribution in [-0.4, -0.2) is 21.0 Å². The lowest BCUT2D eigenvalue weighted by molar-refractivity contribution is -0.135. The summed E-state index contributed by atoms with van der Waals surface area (Å²) in [7, 11) is 0. The highest BCUT2D eigenvalue weighted by Crippen LogP contribution is 1.85. The smallest absolute Gasteiger partial charge is 0.315 e. The predicted molar refractivity (Wildman–Crippen MR) is 37.7 cm³/mol. The van der Waals surface area contributed by atoms with Gasteiger partial charge in [0.15, 0.2) is 0 Å². The fourth-order valence-electron chi connectivity index (χ4n) is 0.539. The number of imidazole rings is 1. The van der Waals surface area contributed by atoms with Gasteiger partial charge in [0.2, 0.25) is 0 Å². The highest BCUT2D eigenvalue weighted by Gasteiger charge is 1.89. The minimum atomic E-state index is -0.919. The van der Waals surface area contributed by atoms with Gasteiger partial charge in [0, 0.05) is 0 Å². The van der Waals surface area contributed by atoms with E-state index in [9.17, 15) is 4.79 Å². The highest BCUT2D eigenvalue weighted by atomic mass is 16.4. The number of aliphatic carboxylic acids is 1. The van der Waals surface area contributed by atoms with E-state index in [-0.39, 0.29) is 6.42 Å². The quantitative estimate of drug-likeness (QED) is 0.563. The fourth-order valence-corrected chi connectivity index (χ4v) is 0.539. The molecule has 4 heteroatoms. The van der Waals surface area contributed by atoms with Crippen LogP contribution in [0, 0.1) is 11.8 Å². The minimum Gasteiger partial charge on any atom is -0.481 e. The first-order valence-electron chi connectivity index (χ1n) is 2.98. The number of carboxylic acids is 1. The third-order valence-corrected chi connectivity index (χ3v) is 0.961. The average Bonchev–Trinajstić information content (AvgIpc) is 2.39. The maximum atomic E-state index is 10.00. The number of carbonyl (C=O) groups is 1. The molecule has 0 spiro atoms. The molecule has 0 amide bonds. The van der Waals surface area contributed by atoms with E-state index in [0.717, 1.165) is 0 Å². The van der Waals surface area contributed by atoms with Crippen molar-refractivity contribution in [1.82, 2.24) is 9.97 Å². The number of aromatic nitrogens is 2. The van der Waals surface area contributed by atoms with Gasteiger partial charge in [-0.15, -0.1) is 0 Å². The molecule has 4 nitrogen and oxygen atoms in total. The number of hydrogen-bond acceptors (Lipinski definition) is 2. The van der Waals surface area contributed by atoms with Crippen molar-refractivity contribution in [3.05, 3.63) is 18.2 Å². The molecule has 1 aromatic heterocycles. The SMILES string of the molecule is O=C(O)CC#Cc1cnc[nH]1. The van der Waals surface area contributed by atoms with Crippen LogP contribution in [0.1, 0.15) is 12.1 Å². The van der Waals surface area contributed by atoms with Gasteiger partial charge >= 0.3 is 5.97 Å². The Kier molecular flexibility index (Phi) is 2.28. The van der Waals surface area contributed by atoms with E-state index >= 15 is 0 Å². The first kappa shape index (κ1) is 7.35. The van der Waals surface area contributed by atoms with Crippen molar-refractivity contribution in [3.8, 4) is 11.8 Å². The van der Waals surface area contributed by atoms with Crippen molar-refractivity contribution in [2.24, 2.45) is 0 Å². The third-order valence-electron chi connectivity index (χ3n) is 0.961. The van der Waals surface area contributed by atoms with Gasteiger partial charge in [-0.3, -0.25) is 4.79 Å². The van der Waals surface area contributed by atoms with Gasteiger partial charge in [0.1, 0.15) is 12.1 Å². The maximum Gasteiger partial charge on any atom is 0.315 e. The number of H-pyrrole nitrogens is 1. The number of nitrogens with zero attached hydrogens (tertiary/aromatic N) is 1. The molecular formula is C7H6N2O2. The van der Waals surface area contributed by atoms with Crippen molar-refractivity contribution in [3.63, 3.8) is 0 Å². The number of nitrogens with one attached hydrogen (secondary N) is 1. The summed E-state index contributed by atoms with van der Waals surface area (Å²) in [6.07, 6.45) is 2.89. The number of rotatable bonds is 1. The number of carboxylic acid groups (broad SMARTS) is 1. The molecule has 0 radical (unpaired) electrons. The van der Waals surface area contributed by atoms with E-state index in [4.69, 9.17) is 5.11 Å². The molecule has 0 bridgehead atoms. The highest BCUT2D eigenvalue weighted by molar-refractivity contribution is 5.70. The molecule has 0 unspecified atom stereocenters. The topological polar surface area (TPSA) is 66.0 Å². The molecule has 56 valence electrons. The third kappa shape index (κ3) is 2.54. The van der Waals surface area contributed by atoms with E-state index in [1.807, 2.05) is 0 Å². The van der Waals surface area contributed by atoms with Crippen LogP contribution in [-0.2, 0) is 4.79 Å². The van der Waals surface area contributed by atoms with E-state index in [1.165, 1.54) is 12.5 Å². The molecular weight excluding hydrogens is 144 g/mol. The first-order valence-corrected chi connectivity index (χ1v) is 2.98. The van der Waals surface area contributed by atoms with Crippen LogP contribution in [0.15, 0.2) is 12.5 Å². The Morgan fingerprint density at radius 1 is 1.82 bits per heavy atom. The molecule has 0 saturated carbocycles. The molecule has 0 aliphatic rings. The van der Waals surface area contributed by atoms with E-state index in [1.54, 1.807) is 0 Å². The Balaban J connectivity index is 2.52. The Bertz CT molecular complexity index is 292. The zero-order chi connectivity index (χ0) is 8.10. The second kappa shape index (κ2) is 3.42. The maximum absolute atomic E-state index is 10.00. The zero-order valence-electron chi connectivity index (χ0n) is 5.66. The summed E-state index contributed by atoms with van der Waals surface area (Å²) in [5.41, 5.74) is 0.631. The van der Waals surface area contributed by atoms with Crippen molar-refractivity contribution in [1.29, 1.82) is 0 Å². The normalized spacial score (nSPS) is 8.36. The predicted octanol–water partition coefficient (Wildman–Crippen LogP) is 0.236. The standard InChI is InChI=1S/C7H6N2O2/c10-7(11)3-1-2-6-4-8-5-9-6/h4-5H,3H2,(H,8,9)(H,10,11). The summed E-state index contributed by atoms with van der Waals surface area (Å²) in [5.74, 6) is 4.15. The summed E-state index contributed by atoms with van der Waals surface area (Å²) in [5, 5.41) is 8.21. The van der Waals surface area contributed by atoms with Gasteiger partial charge in [-0.1, -0.05) is 5.92 Å². The van der Waals surface area contributed by atoms with Gasteiger partial charge in [-0.25, -0.2) is 4.98 Å². The molecule has 0 aromatic carbocycles. The number of hydrogen-bond donors (Lipinski definition) is 2. The summed E-state index contributed by atoms with van der Waals surface area (Å²) in [6, 6.07) is 0. The molecule has 1 rings (SSSR count). The van der Waals surface area contributed by atoms with Gasteiger partial charge < -0.3 is 10.1 Å². The summed E-state index contributed by atoms with van der Waals surface area (Å²) < 4.78 is 0. The zero-order valence-corrected chi connectivity index (χ0v) is 5.66. The van der Waals surface area contributed by atoms with Crippen LogP contribution >= 0.6 is 0 Å². The Morgan fingerprint density at radius 3 is 3.18 bits per heavy atom. The van der Waals surface area contributed by atoms with Crippen molar-refractivity contribution in [2.45, 2.75) is 6.42 Å². The van der Waals surface area contributed by atoms with Crippen molar-refractivity contribution < 1.29 is 9.90 Å². The van der Waals surface area contributed by atoms with Crippen LogP contribution in [0.25, 0.3) is 0 Å². The first-order chi connectivity index (χ1) is 5.29. The largest absolute Gasteiger partial charge is 0.481 e. The van der Waals surface area contributed by atoms with Crippen LogP contribution in [0.4, 0.5) is 0 Å². The van der Waals surface area contributed by atoms with Crippen LogP contribution in [0.3, 0.4) is 0 Å². The molecule has 0 aliphatic heterocycles. The van der Waals surface area contributed by atoms with E-state index in [2.05, 4.69) is 21.8 Å². The van der Waals surface area contributed by atoms with Gasteiger partial charge in [-0.05, 0) is 5.92 Å². The lowest BCUT2D eigenvalue weighted by Gasteiger charge is -1.77. The molecule has 0 saturated heterocycles. The Hall–Kier alpha value is -1.76. The van der Waals surface area contributed by atoms with Crippen molar-refractivity contribution >= 4 is 5.97 Å². The Labute approximate surface area is 63.3 Å². The molecule has 11 heavy (non-hydrogen) atoms. The molecule has 0 fully saturated rings. The lowest BCUT2D eigenvalue weighted by Crippen LogP contribution is -1.90. The van der Waals surface area contributed by atoms with Crippen LogP contribution < -0.4 is 0 Å². The average molecular weight is 150 g/mol. The monoisotopic (exact) mass is 150 g/mol. The van der Waals surface area contributed by atoms with Gasteiger partial charge in [0.25, 0.3) is 0 Å². The number of aromatic amines is 1. The molecule has 0 aliphatic carbocycles. The molecule has 2 N–H and O–H groups in total. The molecule has 1 aromatic rings. The van der Waals surface area contributed by atoms with Crippen LogP contribution in [0.2, 0.25) is 0 Å². The second-order valence-corrected chi connectivity index (χ2v) is 1.84. The summed E-state index contributed by atoms with van der Waals surface area (Å²) in [4.78, 5) is 16.4. The van der Waals surface area contributed by atoms with Crippen molar-refractivity contribution in [2.75, 3.05) is 0 Å².